The molecule has 0 bridgehead atoms. The molecular formula is C30H30F6N2O3. The number of hydroxylamine groups is 3. The summed E-state index contributed by atoms with van der Waals surface area (Å²) in [7, 11) is 0. The topological polar surface area (TPSA) is 64.9 Å². The van der Waals surface area contributed by atoms with Gasteiger partial charge < -0.3 is 19.8 Å². The molecule has 0 radical (unpaired) electrons. The van der Waals surface area contributed by atoms with E-state index in [1.165, 1.54) is 0 Å². The number of alkyl halides is 6. The van der Waals surface area contributed by atoms with Gasteiger partial charge in [0.25, 0.3) is 0 Å². The van der Waals surface area contributed by atoms with Crippen molar-refractivity contribution in [2.75, 3.05) is 19.7 Å². The molecule has 1 aliphatic heterocycles. The van der Waals surface area contributed by atoms with Gasteiger partial charge in [-0.3, -0.25) is 0 Å². The van der Waals surface area contributed by atoms with Crippen molar-refractivity contribution in [2.24, 2.45) is 11.1 Å². The van der Waals surface area contributed by atoms with Crippen molar-refractivity contribution in [3.8, 4) is 0 Å². The molecule has 41 heavy (non-hydrogen) atoms. The van der Waals surface area contributed by atoms with Crippen LogP contribution in [0.5, 0.6) is 0 Å². The number of hydrogen-bond donors (Lipinski definition) is 1. The van der Waals surface area contributed by atoms with Gasteiger partial charge in [-0.2, -0.15) is 26.3 Å². The maximum atomic E-state index is 13.6. The van der Waals surface area contributed by atoms with Crippen molar-refractivity contribution in [2.45, 2.75) is 44.3 Å². The smallest absolute Gasteiger partial charge is 0.416 e. The average molecular weight is 581 g/mol. The molecule has 0 aromatic heterocycles. The summed E-state index contributed by atoms with van der Waals surface area (Å²) in [6.07, 6.45) is -7.21. The van der Waals surface area contributed by atoms with Gasteiger partial charge >= 0.3 is 12.4 Å². The molecule has 5 nitrogen and oxygen atoms in total. The maximum absolute atomic E-state index is 13.6. The molecule has 3 aromatic rings. The van der Waals surface area contributed by atoms with Crippen molar-refractivity contribution >= 4 is 6.21 Å². The van der Waals surface area contributed by atoms with Crippen LogP contribution >= 0.6 is 0 Å². The lowest BCUT2D eigenvalue weighted by Gasteiger charge is -2.50. The minimum atomic E-state index is -4.59. The Kier molecular flexibility index (Phi) is 8.81. The Morgan fingerprint density at radius 2 is 1.24 bits per heavy atom. The summed E-state index contributed by atoms with van der Waals surface area (Å²) < 4.78 is 78.6. The first-order valence-corrected chi connectivity index (χ1v) is 13.1. The molecule has 0 spiro atoms. The van der Waals surface area contributed by atoms with Gasteiger partial charge in [0.1, 0.15) is 18.8 Å². The molecule has 1 saturated heterocycles. The first-order chi connectivity index (χ1) is 19.2. The highest BCUT2D eigenvalue weighted by Gasteiger charge is 2.45. The van der Waals surface area contributed by atoms with E-state index in [1.807, 2.05) is 31.2 Å². The standard InChI is InChI=1S/C30H30F6N2O3/c1-2-41-37-19-21-3-5-22(6-4-21)20-38(40)17-15-25(16-18-38)28(39,23-7-11-26(12-8-23)29(31,32)33)24-9-13-27(14-10-24)30(34,35)36/h3-14,19,25,39H,2,15-18,20H2,1H3/b37-19+. The van der Waals surface area contributed by atoms with Crippen molar-refractivity contribution in [1.82, 2.24) is 0 Å². The van der Waals surface area contributed by atoms with Crippen molar-refractivity contribution in [1.29, 1.82) is 0 Å². The van der Waals surface area contributed by atoms with Gasteiger partial charge in [0.15, 0.2) is 0 Å². The predicted octanol–water partition coefficient (Wildman–Crippen LogP) is 7.26. The van der Waals surface area contributed by atoms with Gasteiger partial charge in [0.05, 0.1) is 30.4 Å². The summed E-state index contributed by atoms with van der Waals surface area (Å²) in [6, 6.07) is 15.2. The van der Waals surface area contributed by atoms with Crippen LogP contribution in [-0.2, 0) is 29.3 Å². The number of likely N-dealkylation sites (tertiary alicyclic amines) is 1. The average Bonchev–Trinajstić information content (AvgIpc) is 2.93. The molecule has 0 unspecified atom stereocenters. The second-order valence-corrected chi connectivity index (χ2v) is 10.2. The third-order valence-corrected chi connectivity index (χ3v) is 7.52. The minimum Gasteiger partial charge on any atom is -0.633 e. The number of aliphatic hydroxyl groups is 1. The summed E-state index contributed by atoms with van der Waals surface area (Å²) in [5, 5.41) is 29.5. The van der Waals surface area contributed by atoms with Crippen LogP contribution in [0, 0.1) is 11.1 Å². The number of quaternary nitrogens is 1. The zero-order valence-electron chi connectivity index (χ0n) is 22.3. The van der Waals surface area contributed by atoms with Crippen LogP contribution < -0.4 is 0 Å². The molecule has 0 aliphatic carbocycles. The molecule has 0 atom stereocenters. The highest BCUT2D eigenvalue weighted by Crippen LogP contribution is 2.45. The van der Waals surface area contributed by atoms with Gasteiger partial charge in [0, 0.05) is 24.3 Å². The Bertz CT molecular complexity index is 1260. The Morgan fingerprint density at radius 3 is 1.66 bits per heavy atom. The Hall–Kier alpha value is -3.41. The summed E-state index contributed by atoms with van der Waals surface area (Å²) in [5.74, 6) is -0.617. The number of piperidine rings is 1. The van der Waals surface area contributed by atoms with Crippen molar-refractivity contribution in [3.05, 3.63) is 111 Å². The summed E-state index contributed by atoms with van der Waals surface area (Å²) in [4.78, 5) is 4.94. The number of benzene rings is 3. The monoisotopic (exact) mass is 580 g/mol. The first kappa shape index (κ1) is 30.5. The number of rotatable bonds is 8. The lowest BCUT2D eigenvalue weighted by molar-refractivity contribution is -0.900. The van der Waals surface area contributed by atoms with Crippen molar-refractivity contribution in [3.63, 3.8) is 0 Å². The fraction of sp³-hybridized carbons (Fsp3) is 0.367. The van der Waals surface area contributed by atoms with Gasteiger partial charge in [-0.15, -0.1) is 0 Å². The molecule has 1 aliphatic rings. The summed E-state index contributed by atoms with van der Waals surface area (Å²) in [6.45, 7) is 2.66. The Balaban J connectivity index is 1.57. The van der Waals surface area contributed by atoms with E-state index in [9.17, 15) is 36.7 Å². The normalized spacial score (nSPS) is 20.4. The molecular weight excluding hydrogens is 550 g/mol. The van der Waals surface area contributed by atoms with Crippen LogP contribution in [-0.4, -0.2) is 35.7 Å². The summed E-state index contributed by atoms with van der Waals surface area (Å²) >= 11 is 0. The molecule has 3 aromatic carbocycles. The third kappa shape index (κ3) is 7.09. The largest absolute Gasteiger partial charge is 0.633 e. The van der Waals surface area contributed by atoms with E-state index in [4.69, 9.17) is 4.84 Å². The fourth-order valence-electron chi connectivity index (χ4n) is 5.29. The Labute approximate surface area is 233 Å². The SMILES string of the molecule is CCO/N=C/c1ccc(C[N+]2([O-])CCC(C(O)(c3ccc(C(F)(F)F)cc3)c3ccc(C(F)(F)F)cc3)CC2)cc1. The van der Waals surface area contributed by atoms with Crippen LogP contribution in [0.15, 0.2) is 78.0 Å². The highest BCUT2D eigenvalue weighted by molar-refractivity contribution is 5.79. The van der Waals surface area contributed by atoms with E-state index in [1.54, 1.807) is 6.21 Å². The van der Waals surface area contributed by atoms with Crippen LogP contribution in [0.25, 0.3) is 0 Å². The zero-order valence-corrected chi connectivity index (χ0v) is 22.3. The van der Waals surface area contributed by atoms with E-state index >= 15 is 0 Å². The molecule has 0 saturated carbocycles. The first-order valence-electron chi connectivity index (χ1n) is 13.1. The molecule has 1 fully saturated rings. The van der Waals surface area contributed by atoms with Crippen LogP contribution in [0.1, 0.15) is 53.1 Å². The Morgan fingerprint density at radius 1 is 0.805 bits per heavy atom. The lowest BCUT2D eigenvalue weighted by Crippen LogP contribution is -2.51. The molecule has 11 heteroatoms. The van der Waals surface area contributed by atoms with E-state index in [2.05, 4.69) is 5.16 Å². The maximum Gasteiger partial charge on any atom is 0.416 e. The van der Waals surface area contributed by atoms with E-state index < -0.39 is 39.6 Å². The molecule has 4 rings (SSSR count). The van der Waals surface area contributed by atoms with Gasteiger partial charge in [0.2, 0.25) is 0 Å². The van der Waals surface area contributed by atoms with Crippen LogP contribution in [0.3, 0.4) is 0 Å². The third-order valence-electron chi connectivity index (χ3n) is 7.52. The zero-order chi connectivity index (χ0) is 29.9. The van der Waals surface area contributed by atoms with E-state index in [0.29, 0.717) is 6.61 Å². The second kappa shape index (κ2) is 11.8. The molecule has 220 valence electrons. The number of hydrogen-bond acceptors (Lipinski definition) is 4. The van der Waals surface area contributed by atoms with E-state index in [0.717, 1.165) is 59.7 Å². The lowest BCUT2D eigenvalue weighted by atomic mass is 9.71. The molecule has 1 N–H and O–H groups in total. The number of halogens is 6. The van der Waals surface area contributed by atoms with Crippen molar-refractivity contribution < 1.29 is 40.9 Å². The minimum absolute atomic E-state index is 0.113. The number of nitrogens with zero attached hydrogens (tertiary/aromatic N) is 2. The van der Waals surface area contributed by atoms with Gasteiger partial charge in [-0.25, -0.2) is 0 Å². The second-order valence-electron chi connectivity index (χ2n) is 10.2. The quantitative estimate of drug-likeness (QED) is 0.100. The predicted molar refractivity (Wildman–Crippen MR) is 141 cm³/mol. The molecule has 0 amide bonds. The molecule has 1 heterocycles. The van der Waals surface area contributed by atoms with Crippen LogP contribution in [0.4, 0.5) is 26.3 Å². The highest BCUT2D eigenvalue weighted by atomic mass is 19.4. The van der Waals surface area contributed by atoms with Crippen LogP contribution in [0.2, 0.25) is 0 Å². The van der Waals surface area contributed by atoms with E-state index in [-0.39, 0.29) is 43.6 Å². The van der Waals surface area contributed by atoms with Gasteiger partial charge in [-0.1, -0.05) is 53.7 Å². The summed E-state index contributed by atoms with van der Waals surface area (Å²) in [5.41, 5.74) is -1.89. The fourth-order valence-corrected chi connectivity index (χ4v) is 5.29. The number of oxime groups is 1. The van der Waals surface area contributed by atoms with Gasteiger partial charge in [-0.05, 0) is 47.9 Å².